The van der Waals surface area contributed by atoms with Crippen LogP contribution in [0.5, 0.6) is 0 Å². The highest BCUT2D eigenvalue weighted by atomic mass is 16.5. The summed E-state index contributed by atoms with van der Waals surface area (Å²) in [4.78, 5) is 8.64. The number of ether oxygens (including phenoxy) is 2. The predicted octanol–water partition coefficient (Wildman–Crippen LogP) is 4.46. The third-order valence-corrected chi connectivity index (χ3v) is 4.57. The Kier molecular flexibility index (Phi) is 4.34. The molecule has 0 amide bonds. The molecule has 1 atom stereocenters. The monoisotopic (exact) mass is 332 g/mol. The van der Waals surface area contributed by atoms with Gasteiger partial charge in [-0.1, -0.05) is 30.3 Å². The number of rotatable bonds is 4. The Morgan fingerprint density at radius 2 is 2.16 bits per heavy atom. The molecule has 1 aliphatic carbocycles. The van der Waals surface area contributed by atoms with Gasteiger partial charge in [0.25, 0.3) is 0 Å². The van der Waals surface area contributed by atoms with Crippen molar-refractivity contribution in [1.82, 2.24) is 4.98 Å². The Bertz CT molecular complexity index is 853. The maximum Gasteiger partial charge on any atom is 0.218 e. The van der Waals surface area contributed by atoms with Gasteiger partial charge in [-0.15, -0.1) is 0 Å². The zero-order valence-electron chi connectivity index (χ0n) is 14.2. The number of aliphatic imine (C=N–C) groups is 1. The molecule has 4 rings (SSSR count). The van der Waals surface area contributed by atoms with Gasteiger partial charge in [-0.05, 0) is 48.6 Å². The molecule has 1 aromatic carbocycles. The molecule has 25 heavy (non-hydrogen) atoms. The highest BCUT2D eigenvalue weighted by Gasteiger charge is 2.30. The first-order valence-electron chi connectivity index (χ1n) is 8.62. The molecule has 4 heteroatoms. The number of aromatic nitrogens is 1. The molecule has 126 valence electrons. The topological polar surface area (TPSA) is 43.7 Å². The van der Waals surface area contributed by atoms with E-state index in [1.165, 1.54) is 17.5 Å². The van der Waals surface area contributed by atoms with Crippen LogP contribution in [0.2, 0.25) is 0 Å². The summed E-state index contributed by atoms with van der Waals surface area (Å²) in [7, 11) is 0. The Balaban J connectivity index is 1.79. The number of hydrogen-bond acceptors (Lipinski definition) is 4. The minimum Gasteiger partial charge on any atom is -0.483 e. The lowest BCUT2D eigenvalue weighted by atomic mass is 9.80. The second kappa shape index (κ2) is 6.93. The van der Waals surface area contributed by atoms with Gasteiger partial charge in [0.05, 0.1) is 6.61 Å². The molecule has 0 radical (unpaired) electrons. The molecular weight excluding hydrogens is 312 g/mol. The molecule has 0 N–H and O–H groups in total. The number of hydrogen-bond donors (Lipinski definition) is 0. The van der Waals surface area contributed by atoms with Crippen LogP contribution in [-0.4, -0.2) is 18.0 Å². The van der Waals surface area contributed by atoms with E-state index in [0.29, 0.717) is 12.5 Å². The standard InChI is InChI=1S/C21H20N2O2/c1-2-24-14-23-20-12-19(16-7-5-11-22-13-16)18-10-9-15-6-3-4-8-17(15)21(18)25-20/h3-8,11-14,19H,2,9-10H2,1H3. The Morgan fingerprint density at radius 1 is 1.24 bits per heavy atom. The summed E-state index contributed by atoms with van der Waals surface area (Å²) >= 11 is 0. The van der Waals surface area contributed by atoms with E-state index in [1.807, 2.05) is 19.2 Å². The third-order valence-electron chi connectivity index (χ3n) is 4.57. The van der Waals surface area contributed by atoms with Gasteiger partial charge in [-0.2, -0.15) is 4.99 Å². The average molecular weight is 332 g/mol. The van der Waals surface area contributed by atoms with E-state index in [1.54, 1.807) is 6.20 Å². The van der Waals surface area contributed by atoms with Crippen LogP contribution in [0.15, 0.2) is 71.3 Å². The second-order valence-corrected chi connectivity index (χ2v) is 6.07. The van der Waals surface area contributed by atoms with E-state index < -0.39 is 0 Å². The summed E-state index contributed by atoms with van der Waals surface area (Å²) in [5.74, 6) is 1.62. The van der Waals surface area contributed by atoms with Crippen LogP contribution >= 0.6 is 0 Å². The van der Waals surface area contributed by atoms with Crippen molar-refractivity contribution in [3.8, 4) is 0 Å². The fourth-order valence-electron chi connectivity index (χ4n) is 3.41. The van der Waals surface area contributed by atoms with Gasteiger partial charge in [0, 0.05) is 23.9 Å². The Morgan fingerprint density at radius 3 is 3.00 bits per heavy atom. The van der Waals surface area contributed by atoms with E-state index in [2.05, 4.69) is 46.4 Å². The molecule has 2 aromatic rings. The highest BCUT2D eigenvalue weighted by Crippen LogP contribution is 2.44. The van der Waals surface area contributed by atoms with Crippen LogP contribution in [-0.2, 0) is 15.9 Å². The van der Waals surface area contributed by atoms with Crippen molar-refractivity contribution in [2.45, 2.75) is 25.7 Å². The maximum atomic E-state index is 6.16. The lowest BCUT2D eigenvalue weighted by Crippen LogP contribution is -2.16. The SMILES string of the molecule is CCOC=NC1=CC(c2cccnc2)C2=C(O1)c1ccccc1CC2. The van der Waals surface area contributed by atoms with E-state index in [9.17, 15) is 0 Å². The molecule has 0 fully saturated rings. The van der Waals surface area contributed by atoms with Gasteiger partial charge in [-0.25, -0.2) is 0 Å². The van der Waals surface area contributed by atoms with E-state index in [0.717, 1.165) is 29.7 Å². The lowest BCUT2D eigenvalue weighted by molar-refractivity contribution is 0.327. The molecular formula is C21H20N2O2. The summed E-state index contributed by atoms with van der Waals surface area (Å²) < 4.78 is 11.4. The van der Waals surface area contributed by atoms with Gasteiger partial charge in [-0.3, -0.25) is 4.98 Å². The normalized spacial score (nSPS) is 19.1. The largest absolute Gasteiger partial charge is 0.483 e. The van der Waals surface area contributed by atoms with Crippen LogP contribution in [0, 0.1) is 0 Å². The van der Waals surface area contributed by atoms with Gasteiger partial charge < -0.3 is 9.47 Å². The van der Waals surface area contributed by atoms with Crippen LogP contribution in [0.4, 0.5) is 0 Å². The molecule has 2 heterocycles. The quantitative estimate of drug-likeness (QED) is 0.613. The summed E-state index contributed by atoms with van der Waals surface area (Å²) in [6.07, 6.45) is 9.23. The summed E-state index contributed by atoms with van der Waals surface area (Å²) in [5, 5.41) is 0. The molecule has 4 nitrogen and oxygen atoms in total. The number of fused-ring (bicyclic) bond motifs is 2. The molecule has 0 saturated carbocycles. The Labute approximate surface area is 147 Å². The first-order valence-corrected chi connectivity index (χ1v) is 8.62. The maximum absolute atomic E-state index is 6.16. The third kappa shape index (κ3) is 3.07. The number of pyridine rings is 1. The molecule has 0 spiro atoms. The van der Waals surface area contributed by atoms with Crippen molar-refractivity contribution in [3.63, 3.8) is 0 Å². The molecule has 1 aliphatic heterocycles. The van der Waals surface area contributed by atoms with Crippen LogP contribution in [0.1, 0.15) is 36.0 Å². The smallest absolute Gasteiger partial charge is 0.218 e. The molecule has 0 bridgehead atoms. The molecule has 1 unspecified atom stereocenters. The number of allylic oxidation sites excluding steroid dienone is 2. The molecule has 1 aromatic heterocycles. The van der Waals surface area contributed by atoms with Crippen molar-refractivity contribution >= 4 is 12.2 Å². The van der Waals surface area contributed by atoms with E-state index in [-0.39, 0.29) is 5.92 Å². The van der Waals surface area contributed by atoms with Crippen molar-refractivity contribution in [1.29, 1.82) is 0 Å². The van der Waals surface area contributed by atoms with Crippen LogP contribution < -0.4 is 0 Å². The number of aryl methyl sites for hydroxylation is 1. The second-order valence-electron chi connectivity index (χ2n) is 6.07. The summed E-state index contributed by atoms with van der Waals surface area (Å²) in [5.41, 5.74) is 4.93. The van der Waals surface area contributed by atoms with Crippen molar-refractivity contribution in [2.75, 3.05) is 6.61 Å². The fraction of sp³-hybridized carbons (Fsp3) is 0.238. The van der Waals surface area contributed by atoms with Gasteiger partial charge in [0.1, 0.15) is 5.76 Å². The minimum atomic E-state index is 0.125. The van der Waals surface area contributed by atoms with Crippen molar-refractivity contribution in [3.05, 3.63) is 83.0 Å². The first kappa shape index (κ1) is 15.6. The molecule has 2 aliphatic rings. The van der Waals surface area contributed by atoms with E-state index >= 15 is 0 Å². The minimum absolute atomic E-state index is 0.125. The zero-order chi connectivity index (χ0) is 17.1. The Hall–Kier alpha value is -2.88. The van der Waals surface area contributed by atoms with Gasteiger partial charge in [0.2, 0.25) is 5.88 Å². The van der Waals surface area contributed by atoms with Crippen molar-refractivity contribution in [2.24, 2.45) is 4.99 Å². The molecule has 0 saturated heterocycles. The van der Waals surface area contributed by atoms with Crippen LogP contribution in [0.25, 0.3) is 5.76 Å². The summed E-state index contributed by atoms with van der Waals surface area (Å²) in [6.45, 7) is 2.51. The van der Waals surface area contributed by atoms with E-state index in [4.69, 9.17) is 9.47 Å². The fourth-order valence-corrected chi connectivity index (χ4v) is 3.41. The van der Waals surface area contributed by atoms with Gasteiger partial charge >= 0.3 is 0 Å². The first-order chi connectivity index (χ1) is 12.4. The predicted molar refractivity (Wildman–Crippen MR) is 97.9 cm³/mol. The van der Waals surface area contributed by atoms with Crippen LogP contribution in [0.3, 0.4) is 0 Å². The number of benzene rings is 1. The highest BCUT2D eigenvalue weighted by molar-refractivity contribution is 5.72. The lowest BCUT2D eigenvalue weighted by Gasteiger charge is -2.31. The van der Waals surface area contributed by atoms with Crippen molar-refractivity contribution < 1.29 is 9.47 Å². The average Bonchev–Trinajstić information content (AvgIpc) is 2.68. The van der Waals surface area contributed by atoms with Gasteiger partial charge in [0.15, 0.2) is 6.40 Å². The summed E-state index contributed by atoms with van der Waals surface area (Å²) in [6, 6.07) is 12.5. The zero-order valence-corrected chi connectivity index (χ0v) is 14.2. The number of nitrogens with zero attached hydrogens (tertiary/aromatic N) is 2.